The van der Waals surface area contributed by atoms with Crippen molar-refractivity contribution >= 4 is 27.6 Å². The highest BCUT2D eigenvalue weighted by Crippen LogP contribution is 2.41. The van der Waals surface area contributed by atoms with Gasteiger partial charge in [-0.05, 0) is 128 Å². The molecule has 0 radical (unpaired) electrons. The van der Waals surface area contributed by atoms with Crippen LogP contribution < -0.4 is 4.90 Å². The van der Waals surface area contributed by atoms with Gasteiger partial charge >= 0.3 is 0 Å². The van der Waals surface area contributed by atoms with E-state index in [9.17, 15) is 0 Å². The Morgan fingerprint density at radius 3 is 1.77 bits per heavy atom. The van der Waals surface area contributed by atoms with Crippen molar-refractivity contribution < 1.29 is 4.42 Å². The zero-order valence-corrected chi connectivity index (χ0v) is 28.4. The first-order valence-corrected chi connectivity index (χ1v) is 17.7. The highest BCUT2D eigenvalue weighted by molar-refractivity contribution is 6.06. The molecule has 52 heavy (non-hydrogen) atoms. The Bertz CT molecular complexity index is 2680. The molecule has 1 aliphatic heterocycles. The van der Waals surface area contributed by atoms with Crippen molar-refractivity contribution in [2.24, 2.45) is 0 Å². The molecular weight excluding hydrogens is 635 g/mol. The second-order valence-corrected chi connectivity index (χ2v) is 13.5. The number of anilines is 1. The van der Waals surface area contributed by atoms with Gasteiger partial charge in [0.2, 0.25) is 0 Å². The molecule has 0 saturated heterocycles. The Balaban J connectivity index is 1.12. The van der Waals surface area contributed by atoms with Gasteiger partial charge in [-0.15, -0.1) is 0 Å². The number of benzene rings is 6. The van der Waals surface area contributed by atoms with Gasteiger partial charge in [-0.3, -0.25) is 9.97 Å². The molecule has 0 atom stereocenters. The summed E-state index contributed by atoms with van der Waals surface area (Å²) in [5, 5.41) is 2.29. The molecule has 0 unspecified atom stereocenters. The monoisotopic (exact) mass is 667 g/mol. The molecule has 9 aromatic rings. The predicted octanol–water partition coefficient (Wildman–Crippen LogP) is 12.2. The molecule has 246 valence electrons. The van der Waals surface area contributed by atoms with Crippen molar-refractivity contribution in [2.45, 2.75) is 13.1 Å². The van der Waals surface area contributed by atoms with E-state index in [4.69, 9.17) is 4.42 Å². The van der Waals surface area contributed by atoms with Gasteiger partial charge in [0.1, 0.15) is 11.2 Å². The minimum absolute atomic E-state index is 0.797. The van der Waals surface area contributed by atoms with Gasteiger partial charge in [0.05, 0.1) is 0 Å². The number of aromatic nitrogens is 2. The fourth-order valence-corrected chi connectivity index (χ4v) is 7.70. The van der Waals surface area contributed by atoms with Gasteiger partial charge in [-0.25, -0.2) is 0 Å². The summed E-state index contributed by atoms with van der Waals surface area (Å²) in [5.74, 6) is 0. The lowest BCUT2D eigenvalue weighted by molar-refractivity contribution is 0.669. The quantitative estimate of drug-likeness (QED) is 0.183. The van der Waals surface area contributed by atoms with E-state index in [-0.39, 0.29) is 0 Å². The SMILES string of the molecule is c1ccc(N2Cc3cc(-c4ccc5c(c4)oc4ccccc45)ccc3-c3cc(-c4cc(-c5cccnc5)cc(-c5cccnc5)c4)ccc3C2)cc1. The number of nitrogens with zero attached hydrogens (tertiary/aromatic N) is 3. The number of hydrogen-bond acceptors (Lipinski definition) is 4. The zero-order chi connectivity index (χ0) is 34.4. The maximum Gasteiger partial charge on any atom is 0.136 e. The average Bonchev–Trinajstić information content (AvgIpc) is 3.51. The predicted molar refractivity (Wildman–Crippen MR) is 213 cm³/mol. The molecule has 0 bridgehead atoms. The maximum atomic E-state index is 6.28. The summed E-state index contributed by atoms with van der Waals surface area (Å²) in [6, 6.07) is 54.6. The van der Waals surface area contributed by atoms with Gasteiger partial charge in [0, 0.05) is 65.5 Å². The van der Waals surface area contributed by atoms with E-state index in [1.807, 2.05) is 49.1 Å². The molecule has 0 saturated carbocycles. The van der Waals surface area contributed by atoms with Crippen molar-refractivity contribution in [3.8, 4) is 55.6 Å². The van der Waals surface area contributed by atoms with Crippen LogP contribution in [0.25, 0.3) is 77.6 Å². The minimum atomic E-state index is 0.797. The van der Waals surface area contributed by atoms with E-state index in [2.05, 4.69) is 142 Å². The van der Waals surface area contributed by atoms with Crippen molar-refractivity contribution in [1.82, 2.24) is 9.97 Å². The van der Waals surface area contributed by atoms with E-state index in [0.717, 1.165) is 68.4 Å². The third kappa shape index (κ3) is 5.42. The lowest BCUT2D eigenvalue weighted by atomic mass is 9.89. The second-order valence-electron chi connectivity index (χ2n) is 13.5. The maximum absolute atomic E-state index is 6.28. The van der Waals surface area contributed by atoms with Crippen LogP contribution >= 0.6 is 0 Å². The van der Waals surface area contributed by atoms with E-state index in [0.29, 0.717) is 0 Å². The smallest absolute Gasteiger partial charge is 0.136 e. The molecule has 4 heterocycles. The largest absolute Gasteiger partial charge is 0.456 e. The van der Waals surface area contributed by atoms with Gasteiger partial charge in [-0.2, -0.15) is 0 Å². The third-order valence-corrected chi connectivity index (χ3v) is 10.3. The number of fused-ring (bicyclic) bond motifs is 6. The van der Waals surface area contributed by atoms with E-state index in [1.165, 1.54) is 39.1 Å². The van der Waals surface area contributed by atoms with Crippen LogP contribution in [-0.2, 0) is 13.1 Å². The molecule has 3 aromatic heterocycles. The Labute approximate surface area is 302 Å². The van der Waals surface area contributed by atoms with Crippen LogP contribution in [0, 0.1) is 0 Å². The number of rotatable bonds is 5. The van der Waals surface area contributed by atoms with E-state index >= 15 is 0 Å². The zero-order valence-electron chi connectivity index (χ0n) is 28.4. The van der Waals surface area contributed by atoms with Crippen LogP contribution in [-0.4, -0.2) is 9.97 Å². The highest BCUT2D eigenvalue weighted by atomic mass is 16.3. The molecule has 0 aliphatic carbocycles. The minimum Gasteiger partial charge on any atom is -0.456 e. The summed E-state index contributed by atoms with van der Waals surface area (Å²) >= 11 is 0. The molecule has 10 rings (SSSR count). The first kappa shape index (κ1) is 30.1. The summed E-state index contributed by atoms with van der Waals surface area (Å²) in [6.07, 6.45) is 7.50. The average molecular weight is 668 g/mol. The van der Waals surface area contributed by atoms with Crippen LogP contribution in [0.1, 0.15) is 11.1 Å². The Morgan fingerprint density at radius 1 is 0.404 bits per heavy atom. The van der Waals surface area contributed by atoms with Crippen molar-refractivity contribution in [3.05, 3.63) is 188 Å². The topological polar surface area (TPSA) is 42.2 Å². The summed E-state index contributed by atoms with van der Waals surface area (Å²) in [6.45, 7) is 1.61. The van der Waals surface area contributed by atoms with Crippen LogP contribution in [0.15, 0.2) is 181 Å². The number of hydrogen-bond donors (Lipinski definition) is 0. The van der Waals surface area contributed by atoms with Gasteiger partial charge in [-0.1, -0.05) is 78.9 Å². The number of para-hydroxylation sites is 2. The van der Waals surface area contributed by atoms with Crippen LogP contribution in [0.2, 0.25) is 0 Å². The number of furan rings is 1. The fourth-order valence-electron chi connectivity index (χ4n) is 7.70. The molecule has 1 aliphatic rings. The molecule has 0 fully saturated rings. The number of pyridine rings is 2. The highest BCUT2D eigenvalue weighted by Gasteiger charge is 2.22. The summed E-state index contributed by atoms with van der Waals surface area (Å²) in [7, 11) is 0. The molecule has 6 aromatic carbocycles. The van der Waals surface area contributed by atoms with Gasteiger partial charge in [0.25, 0.3) is 0 Å². The Kier molecular flexibility index (Phi) is 7.24. The van der Waals surface area contributed by atoms with Gasteiger partial charge in [0.15, 0.2) is 0 Å². The molecule has 0 spiro atoms. The van der Waals surface area contributed by atoms with Crippen LogP contribution in [0.4, 0.5) is 5.69 Å². The summed E-state index contributed by atoms with van der Waals surface area (Å²) in [4.78, 5) is 11.3. The van der Waals surface area contributed by atoms with E-state index < -0.39 is 0 Å². The molecule has 0 N–H and O–H groups in total. The summed E-state index contributed by atoms with van der Waals surface area (Å²) in [5.41, 5.74) is 17.2. The first-order chi connectivity index (χ1) is 25.7. The fraction of sp³-hybridized carbons (Fsp3) is 0.0417. The Morgan fingerprint density at radius 2 is 1.02 bits per heavy atom. The lowest BCUT2D eigenvalue weighted by Crippen LogP contribution is -2.20. The molecule has 0 amide bonds. The molecular formula is C48H33N3O. The molecule has 4 nitrogen and oxygen atoms in total. The van der Waals surface area contributed by atoms with Crippen molar-refractivity contribution in [1.29, 1.82) is 0 Å². The van der Waals surface area contributed by atoms with Crippen LogP contribution in [0.3, 0.4) is 0 Å². The first-order valence-electron chi connectivity index (χ1n) is 17.7. The van der Waals surface area contributed by atoms with Crippen molar-refractivity contribution in [3.63, 3.8) is 0 Å². The van der Waals surface area contributed by atoms with Crippen molar-refractivity contribution in [2.75, 3.05) is 4.90 Å². The second kappa shape index (κ2) is 12.5. The third-order valence-electron chi connectivity index (χ3n) is 10.3. The molecule has 4 heteroatoms. The van der Waals surface area contributed by atoms with Crippen LogP contribution in [0.5, 0.6) is 0 Å². The Hall–Kier alpha value is -6.78. The van der Waals surface area contributed by atoms with Gasteiger partial charge < -0.3 is 9.32 Å². The lowest BCUT2D eigenvalue weighted by Gasteiger charge is -2.24. The normalized spacial score (nSPS) is 12.4. The van der Waals surface area contributed by atoms with E-state index in [1.54, 1.807) is 0 Å². The summed E-state index contributed by atoms with van der Waals surface area (Å²) < 4.78 is 6.28. The standard InChI is InChI=1S/C48H33N3O/c1-2-10-42(11-3-1)51-30-37-15-14-33(38-23-39(35-8-6-20-49-28-35)25-40(24-38)36-9-7-21-50-29-36)26-46(37)43-18-16-32(22-41(43)31-51)34-17-19-45-44-12-4-5-13-47(44)52-48(45)27-34/h1-29H,30-31H2.